The Morgan fingerprint density at radius 1 is 1.17 bits per heavy atom. The number of nitrogens with zero attached hydrogens (tertiary/aromatic N) is 4. The van der Waals surface area contributed by atoms with Crippen molar-refractivity contribution >= 4 is 22.4 Å². The number of carbonyl (C=O) groups is 1. The molecule has 122 valence electrons. The van der Waals surface area contributed by atoms with Crippen LogP contribution in [0.3, 0.4) is 0 Å². The normalized spacial score (nSPS) is 10.2. The van der Waals surface area contributed by atoms with Gasteiger partial charge >= 0.3 is 6.01 Å². The van der Waals surface area contributed by atoms with E-state index in [2.05, 4.69) is 25.3 Å². The van der Waals surface area contributed by atoms with Crippen LogP contribution >= 0.6 is 11.3 Å². The average Bonchev–Trinajstić information content (AvgIpc) is 3.10. The molecule has 3 aromatic rings. The number of methoxy groups -OCH3 is 2. The van der Waals surface area contributed by atoms with Crippen molar-refractivity contribution < 1.29 is 14.3 Å². The zero-order valence-electron chi connectivity index (χ0n) is 12.9. The molecule has 0 aliphatic rings. The van der Waals surface area contributed by atoms with Gasteiger partial charge in [0, 0.05) is 24.0 Å². The third-order valence-corrected chi connectivity index (χ3v) is 3.80. The Hall–Kier alpha value is -3.07. The summed E-state index contributed by atoms with van der Waals surface area (Å²) in [5.41, 5.74) is 1.74. The molecule has 0 aliphatic heterocycles. The minimum Gasteiger partial charge on any atom is -0.481 e. The number of hydrogen-bond acceptors (Lipinski definition) is 8. The van der Waals surface area contributed by atoms with E-state index >= 15 is 0 Å². The van der Waals surface area contributed by atoms with Crippen molar-refractivity contribution in [2.24, 2.45) is 0 Å². The molecule has 0 aromatic carbocycles. The third kappa shape index (κ3) is 3.30. The number of anilines is 1. The van der Waals surface area contributed by atoms with Crippen molar-refractivity contribution in [3.63, 3.8) is 0 Å². The van der Waals surface area contributed by atoms with Gasteiger partial charge in [-0.3, -0.25) is 10.1 Å². The van der Waals surface area contributed by atoms with E-state index in [0.717, 1.165) is 5.56 Å². The molecule has 24 heavy (non-hydrogen) atoms. The van der Waals surface area contributed by atoms with E-state index in [4.69, 9.17) is 9.47 Å². The fourth-order valence-corrected chi connectivity index (χ4v) is 2.62. The van der Waals surface area contributed by atoms with Crippen molar-refractivity contribution in [2.45, 2.75) is 0 Å². The van der Waals surface area contributed by atoms with E-state index in [1.54, 1.807) is 19.4 Å². The lowest BCUT2D eigenvalue weighted by molar-refractivity contribution is 0.102. The fraction of sp³-hybridized carbons (Fsp3) is 0.133. The summed E-state index contributed by atoms with van der Waals surface area (Å²) in [6.07, 6.45) is 4.42. The largest absolute Gasteiger partial charge is 0.481 e. The quantitative estimate of drug-likeness (QED) is 0.758. The predicted octanol–water partition coefficient (Wildman–Crippen LogP) is 2.26. The lowest BCUT2D eigenvalue weighted by Gasteiger charge is -2.04. The molecule has 8 nitrogen and oxygen atoms in total. The molecule has 0 radical (unpaired) electrons. The second-order valence-electron chi connectivity index (χ2n) is 4.51. The van der Waals surface area contributed by atoms with Crippen LogP contribution in [0, 0.1) is 0 Å². The highest BCUT2D eigenvalue weighted by molar-refractivity contribution is 7.14. The van der Waals surface area contributed by atoms with Crippen molar-refractivity contribution in [3.05, 3.63) is 41.7 Å². The first-order valence-electron chi connectivity index (χ1n) is 6.83. The smallest absolute Gasteiger partial charge is 0.316 e. The van der Waals surface area contributed by atoms with Crippen LogP contribution in [0.1, 0.15) is 10.4 Å². The summed E-state index contributed by atoms with van der Waals surface area (Å²) in [4.78, 5) is 28.5. The Bertz CT molecular complexity index is 850. The Labute approximate surface area is 141 Å². The van der Waals surface area contributed by atoms with Gasteiger partial charge in [0.15, 0.2) is 5.13 Å². The molecule has 0 fully saturated rings. The maximum absolute atomic E-state index is 12.2. The van der Waals surface area contributed by atoms with Gasteiger partial charge in [-0.2, -0.15) is 0 Å². The number of amides is 1. The van der Waals surface area contributed by atoms with Gasteiger partial charge < -0.3 is 9.47 Å². The van der Waals surface area contributed by atoms with Crippen LogP contribution < -0.4 is 14.8 Å². The minimum atomic E-state index is -0.350. The molecule has 3 rings (SSSR count). The summed E-state index contributed by atoms with van der Waals surface area (Å²) in [6.45, 7) is 0. The number of aromatic nitrogens is 4. The molecule has 0 aliphatic carbocycles. The maximum Gasteiger partial charge on any atom is 0.316 e. The summed E-state index contributed by atoms with van der Waals surface area (Å²) in [7, 11) is 3.00. The van der Waals surface area contributed by atoms with Crippen molar-refractivity contribution in [3.8, 4) is 23.1 Å². The first-order valence-corrected chi connectivity index (χ1v) is 7.71. The lowest BCUT2D eigenvalue weighted by Crippen LogP contribution is -2.12. The first kappa shape index (κ1) is 15.8. The molecule has 0 unspecified atom stereocenters. The highest BCUT2D eigenvalue weighted by atomic mass is 32.1. The molecule has 0 saturated heterocycles. The van der Waals surface area contributed by atoms with E-state index in [0.29, 0.717) is 22.3 Å². The molecule has 9 heteroatoms. The number of rotatable bonds is 5. The topological polar surface area (TPSA) is 99.1 Å². The maximum atomic E-state index is 12.2. The standard InChI is InChI=1S/C15H13N5O3S/c1-22-13-10(4-3-5-16-13)11-8-24-15(19-11)20-12(21)9-6-17-14(23-2)18-7-9/h3-8H,1-2H3,(H,19,20,21). The molecule has 3 aromatic heterocycles. The van der Waals surface area contributed by atoms with Gasteiger partial charge in [-0.25, -0.2) is 19.9 Å². The van der Waals surface area contributed by atoms with Gasteiger partial charge in [-0.1, -0.05) is 0 Å². The van der Waals surface area contributed by atoms with Crippen LogP contribution in [0.25, 0.3) is 11.3 Å². The monoisotopic (exact) mass is 343 g/mol. The third-order valence-electron chi connectivity index (χ3n) is 3.04. The van der Waals surface area contributed by atoms with E-state index in [1.165, 1.54) is 30.8 Å². The number of nitrogens with one attached hydrogen (secondary N) is 1. The molecule has 3 heterocycles. The van der Waals surface area contributed by atoms with Crippen LogP contribution in [0.2, 0.25) is 0 Å². The number of hydrogen-bond donors (Lipinski definition) is 1. The van der Waals surface area contributed by atoms with Gasteiger partial charge in [0.05, 0.1) is 31.0 Å². The van der Waals surface area contributed by atoms with Crippen LogP contribution in [0.15, 0.2) is 36.1 Å². The van der Waals surface area contributed by atoms with Crippen LogP contribution in [0.4, 0.5) is 5.13 Å². The van der Waals surface area contributed by atoms with Gasteiger partial charge in [0.25, 0.3) is 5.91 Å². The van der Waals surface area contributed by atoms with E-state index in [1.807, 2.05) is 11.4 Å². The predicted molar refractivity (Wildman–Crippen MR) is 88.4 cm³/mol. The zero-order chi connectivity index (χ0) is 16.9. The van der Waals surface area contributed by atoms with Crippen molar-refractivity contribution in [1.82, 2.24) is 19.9 Å². The number of pyridine rings is 1. The molecule has 0 atom stereocenters. The highest BCUT2D eigenvalue weighted by Gasteiger charge is 2.13. The van der Waals surface area contributed by atoms with Gasteiger partial charge in [0.1, 0.15) is 0 Å². The second-order valence-corrected chi connectivity index (χ2v) is 5.37. The Morgan fingerprint density at radius 2 is 1.96 bits per heavy atom. The summed E-state index contributed by atoms with van der Waals surface area (Å²) in [5.74, 6) is 0.126. The van der Waals surface area contributed by atoms with Gasteiger partial charge in [-0.05, 0) is 12.1 Å². The second kappa shape index (κ2) is 7.01. The average molecular weight is 343 g/mol. The summed E-state index contributed by atoms with van der Waals surface area (Å²) < 4.78 is 10.1. The Balaban J connectivity index is 1.77. The SMILES string of the molecule is COc1ncc(C(=O)Nc2nc(-c3cccnc3OC)cs2)cn1. The number of ether oxygens (including phenoxy) is 2. The van der Waals surface area contributed by atoms with Crippen molar-refractivity contribution in [1.29, 1.82) is 0 Å². The highest BCUT2D eigenvalue weighted by Crippen LogP contribution is 2.30. The van der Waals surface area contributed by atoms with Crippen LogP contribution in [-0.2, 0) is 0 Å². The zero-order valence-corrected chi connectivity index (χ0v) is 13.7. The van der Waals surface area contributed by atoms with Crippen molar-refractivity contribution in [2.75, 3.05) is 19.5 Å². The molecule has 0 bridgehead atoms. The Kier molecular flexibility index (Phi) is 4.62. The molecule has 1 amide bonds. The van der Waals surface area contributed by atoms with E-state index in [-0.39, 0.29) is 11.9 Å². The fourth-order valence-electron chi connectivity index (χ4n) is 1.91. The summed E-state index contributed by atoms with van der Waals surface area (Å²) in [6, 6.07) is 3.85. The number of thiazole rings is 1. The van der Waals surface area contributed by atoms with Crippen LogP contribution in [-0.4, -0.2) is 40.1 Å². The number of carbonyl (C=O) groups excluding carboxylic acids is 1. The van der Waals surface area contributed by atoms with E-state index in [9.17, 15) is 4.79 Å². The van der Waals surface area contributed by atoms with Gasteiger partial charge in [0.2, 0.25) is 5.88 Å². The first-order chi connectivity index (χ1) is 11.7. The molecular weight excluding hydrogens is 330 g/mol. The minimum absolute atomic E-state index is 0.201. The molecule has 1 N–H and O–H groups in total. The molecule has 0 saturated carbocycles. The molecule has 0 spiro atoms. The lowest BCUT2D eigenvalue weighted by atomic mass is 10.2. The van der Waals surface area contributed by atoms with Gasteiger partial charge in [-0.15, -0.1) is 11.3 Å². The molecular formula is C15H13N5O3S. The summed E-state index contributed by atoms with van der Waals surface area (Å²) >= 11 is 1.30. The Morgan fingerprint density at radius 3 is 2.67 bits per heavy atom. The van der Waals surface area contributed by atoms with E-state index < -0.39 is 0 Å². The summed E-state index contributed by atoms with van der Waals surface area (Å²) in [5, 5.41) is 4.98. The van der Waals surface area contributed by atoms with Crippen LogP contribution in [0.5, 0.6) is 11.9 Å².